The zero-order valence-electron chi connectivity index (χ0n) is 8.58. The fourth-order valence-electron chi connectivity index (χ4n) is 1.69. The molecule has 0 radical (unpaired) electrons. The Morgan fingerprint density at radius 3 is 2.73 bits per heavy atom. The summed E-state index contributed by atoms with van der Waals surface area (Å²) in [6.45, 7) is 4.45. The second kappa shape index (κ2) is 4.84. The lowest BCUT2D eigenvalue weighted by Crippen LogP contribution is -2.35. The Balaban J connectivity index is 2.03. The van der Waals surface area contributed by atoms with Crippen molar-refractivity contribution in [1.82, 2.24) is 4.90 Å². The Morgan fingerprint density at radius 1 is 1.33 bits per heavy atom. The molecule has 0 bridgehead atoms. The van der Waals surface area contributed by atoms with Crippen molar-refractivity contribution < 1.29 is 4.74 Å². The van der Waals surface area contributed by atoms with Gasteiger partial charge in [-0.2, -0.15) is 0 Å². The number of halogens is 1. The molecule has 0 amide bonds. The van der Waals surface area contributed by atoms with E-state index in [1.807, 2.05) is 12.1 Å². The Bertz CT molecular complexity index is 337. The van der Waals surface area contributed by atoms with E-state index in [4.69, 9.17) is 22.1 Å². The number of rotatable bonds is 2. The van der Waals surface area contributed by atoms with Crippen LogP contribution in [0.25, 0.3) is 0 Å². The minimum Gasteiger partial charge on any atom is -0.399 e. The maximum absolute atomic E-state index is 6.11. The number of morpholine rings is 1. The van der Waals surface area contributed by atoms with E-state index >= 15 is 0 Å². The number of ether oxygens (including phenoxy) is 1. The van der Waals surface area contributed by atoms with E-state index in [1.165, 1.54) is 0 Å². The van der Waals surface area contributed by atoms with E-state index < -0.39 is 0 Å². The summed E-state index contributed by atoms with van der Waals surface area (Å²) in [5.41, 5.74) is 7.49. The average molecular weight is 227 g/mol. The highest BCUT2D eigenvalue weighted by Crippen LogP contribution is 2.20. The summed E-state index contributed by atoms with van der Waals surface area (Å²) in [6.07, 6.45) is 0. The van der Waals surface area contributed by atoms with E-state index in [0.717, 1.165) is 43.4 Å². The number of anilines is 1. The molecule has 4 heteroatoms. The molecular formula is C11H15ClN2O. The molecule has 1 fully saturated rings. The third-order valence-electron chi connectivity index (χ3n) is 2.57. The van der Waals surface area contributed by atoms with Gasteiger partial charge in [0.1, 0.15) is 0 Å². The molecule has 1 aromatic rings. The summed E-state index contributed by atoms with van der Waals surface area (Å²) in [7, 11) is 0. The van der Waals surface area contributed by atoms with Crippen molar-refractivity contribution in [2.24, 2.45) is 0 Å². The van der Waals surface area contributed by atoms with Crippen LogP contribution in [0, 0.1) is 0 Å². The smallest absolute Gasteiger partial charge is 0.0594 e. The van der Waals surface area contributed by atoms with Crippen LogP contribution >= 0.6 is 11.6 Å². The number of benzene rings is 1. The molecule has 1 aliphatic rings. The molecule has 15 heavy (non-hydrogen) atoms. The third-order valence-corrected chi connectivity index (χ3v) is 2.93. The summed E-state index contributed by atoms with van der Waals surface area (Å²) in [6, 6.07) is 5.69. The average Bonchev–Trinajstić information content (AvgIpc) is 2.24. The lowest BCUT2D eigenvalue weighted by Gasteiger charge is -2.26. The number of nitrogen functional groups attached to an aromatic ring is 1. The largest absolute Gasteiger partial charge is 0.399 e. The second-order valence-corrected chi connectivity index (χ2v) is 4.15. The number of nitrogens with two attached hydrogens (primary N) is 1. The van der Waals surface area contributed by atoms with E-state index in [9.17, 15) is 0 Å². The minimum absolute atomic E-state index is 0.714. The van der Waals surface area contributed by atoms with Gasteiger partial charge in [-0.05, 0) is 17.7 Å². The molecule has 1 aliphatic heterocycles. The zero-order valence-corrected chi connectivity index (χ0v) is 9.33. The van der Waals surface area contributed by atoms with Gasteiger partial charge in [-0.25, -0.2) is 0 Å². The van der Waals surface area contributed by atoms with Gasteiger partial charge in [0.05, 0.1) is 13.2 Å². The van der Waals surface area contributed by atoms with Crippen LogP contribution in [0.1, 0.15) is 5.56 Å². The quantitative estimate of drug-likeness (QED) is 0.781. The third kappa shape index (κ3) is 2.84. The van der Waals surface area contributed by atoms with Crippen molar-refractivity contribution in [2.75, 3.05) is 32.0 Å². The molecule has 2 rings (SSSR count). The minimum atomic E-state index is 0.714. The van der Waals surface area contributed by atoms with Gasteiger partial charge in [0.15, 0.2) is 0 Å². The highest BCUT2D eigenvalue weighted by atomic mass is 35.5. The van der Waals surface area contributed by atoms with Crippen molar-refractivity contribution in [3.05, 3.63) is 28.8 Å². The Hall–Kier alpha value is -0.770. The van der Waals surface area contributed by atoms with Gasteiger partial charge in [0.25, 0.3) is 0 Å². The maximum Gasteiger partial charge on any atom is 0.0594 e. The lowest BCUT2D eigenvalue weighted by molar-refractivity contribution is 0.0342. The number of nitrogens with zero attached hydrogens (tertiary/aromatic N) is 1. The lowest BCUT2D eigenvalue weighted by atomic mass is 10.2. The molecule has 1 saturated heterocycles. The summed E-state index contributed by atoms with van der Waals surface area (Å²) in [5, 5.41) is 0.751. The van der Waals surface area contributed by atoms with Crippen LogP contribution in [0.15, 0.2) is 18.2 Å². The van der Waals surface area contributed by atoms with E-state index in [0.29, 0.717) is 5.69 Å². The molecule has 3 nitrogen and oxygen atoms in total. The highest BCUT2D eigenvalue weighted by molar-refractivity contribution is 6.31. The maximum atomic E-state index is 6.11. The van der Waals surface area contributed by atoms with E-state index in [2.05, 4.69) is 4.90 Å². The van der Waals surface area contributed by atoms with Gasteiger partial charge in [-0.15, -0.1) is 0 Å². The first-order chi connectivity index (χ1) is 7.25. The first-order valence-corrected chi connectivity index (χ1v) is 5.47. The molecule has 82 valence electrons. The molecular weight excluding hydrogens is 212 g/mol. The molecule has 0 unspecified atom stereocenters. The fourth-order valence-corrected chi connectivity index (χ4v) is 1.94. The predicted molar refractivity (Wildman–Crippen MR) is 62.0 cm³/mol. The normalized spacial score (nSPS) is 17.9. The van der Waals surface area contributed by atoms with Crippen molar-refractivity contribution in [1.29, 1.82) is 0 Å². The number of hydrogen-bond donors (Lipinski definition) is 1. The van der Waals surface area contributed by atoms with E-state index in [1.54, 1.807) is 6.07 Å². The van der Waals surface area contributed by atoms with Crippen molar-refractivity contribution >= 4 is 17.3 Å². The number of hydrogen-bond acceptors (Lipinski definition) is 3. The van der Waals surface area contributed by atoms with Gasteiger partial charge in [-0.3, -0.25) is 4.90 Å². The van der Waals surface area contributed by atoms with Gasteiger partial charge < -0.3 is 10.5 Å². The van der Waals surface area contributed by atoms with Crippen LogP contribution in [0.2, 0.25) is 5.02 Å². The van der Waals surface area contributed by atoms with Crippen LogP contribution < -0.4 is 5.73 Å². The first kappa shape index (κ1) is 10.7. The zero-order chi connectivity index (χ0) is 10.7. The highest BCUT2D eigenvalue weighted by Gasteiger charge is 2.12. The van der Waals surface area contributed by atoms with Crippen molar-refractivity contribution in [2.45, 2.75) is 6.54 Å². The molecule has 1 aromatic carbocycles. The molecule has 0 spiro atoms. The summed E-state index contributed by atoms with van der Waals surface area (Å²) < 4.78 is 5.29. The molecule has 2 N–H and O–H groups in total. The molecule has 0 aromatic heterocycles. The topological polar surface area (TPSA) is 38.5 Å². The van der Waals surface area contributed by atoms with Crippen molar-refractivity contribution in [3.63, 3.8) is 0 Å². The van der Waals surface area contributed by atoms with Crippen LogP contribution in [0.5, 0.6) is 0 Å². The standard InChI is InChI=1S/C11H15ClN2O/c12-11-7-10(13)2-1-9(11)8-14-3-5-15-6-4-14/h1-2,7H,3-6,8,13H2. The predicted octanol–water partition coefficient (Wildman–Crippen LogP) is 1.75. The van der Waals surface area contributed by atoms with Crippen LogP contribution in [-0.4, -0.2) is 31.2 Å². The Morgan fingerprint density at radius 2 is 2.07 bits per heavy atom. The fraction of sp³-hybridized carbons (Fsp3) is 0.455. The monoisotopic (exact) mass is 226 g/mol. The van der Waals surface area contributed by atoms with Crippen LogP contribution in [0.3, 0.4) is 0 Å². The Kier molecular flexibility index (Phi) is 3.46. The molecule has 0 saturated carbocycles. The van der Waals surface area contributed by atoms with Gasteiger partial charge >= 0.3 is 0 Å². The SMILES string of the molecule is Nc1ccc(CN2CCOCC2)c(Cl)c1. The molecule has 0 aliphatic carbocycles. The van der Waals surface area contributed by atoms with Gasteiger partial charge in [0, 0.05) is 30.3 Å². The van der Waals surface area contributed by atoms with Crippen molar-refractivity contribution in [3.8, 4) is 0 Å². The summed E-state index contributed by atoms with van der Waals surface area (Å²) in [5.74, 6) is 0. The Labute approximate surface area is 94.8 Å². The molecule has 1 heterocycles. The first-order valence-electron chi connectivity index (χ1n) is 5.10. The summed E-state index contributed by atoms with van der Waals surface area (Å²) in [4.78, 5) is 2.33. The summed E-state index contributed by atoms with van der Waals surface area (Å²) >= 11 is 6.11. The van der Waals surface area contributed by atoms with Crippen LogP contribution in [-0.2, 0) is 11.3 Å². The van der Waals surface area contributed by atoms with Gasteiger partial charge in [-0.1, -0.05) is 17.7 Å². The second-order valence-electron chi connectivity index (χ2n) is 3.74. The molecule has 0 atom stereocenters. The van der Waals surface area contributed by atoms with Gasteiger partial charge in [0.2, 0.25) is 0 Å². The van der Waals surface area contributed by atoms with Crippen LogP contribution in [0.4, 0.5) is 5.69 Å². The van der Waals surface area contributed by atoms with E-state index in [-0.39, 0.29) is 0 Å².